The van der Waals surface area contributed by atoms with E-state index in [1.54, 1.807) is 0 Å². The molecule has 14 aromatic rings. The Bertz CT molecular complexity index is 4230. The van der Waals surface area contributed by atoms with Crippen LogP contribution < -0.4 is 0 Å². The van der Waals surface area contributed by atoms with Crippen molar-refractivity contribution in [3.8, 4) is 67.8 Å². The van der Waals surface area contributed by atoms with Crippen molar-refractivity contribution in [2.24, 2.45) is 0 Å². The van der Waals surface area contributed by atoms with Gasteiger partial charge >= 0.3 is 0 Å². The van der Waals surface area contributed by atoms with Crippen molar-refractivity contribution >= 4 is 65.6 Å². The van der Waals surface area contributed by atoms with Gasteiger partial charge in [0.2, 0.25) is 0 Å². The molecule has 0 aliphatic heterocycles. The smallest absolute Gasteiger partial charge is 0.164 e. The second kappa shape index (κ2) is 15.6. The van der Waals surface area contributed by atoms with E-state index in [-0.39, 0.29) is 0 Å². The summed E-state index contributed by atoms with van der Waals surface area (Å²) in [5.41, 5.74) is 16.0. The molecule has 10 aromatic carbocycles. The van der Waals surface area contributed by atoms with E-state index in [0.29, 0.717) is 17.5 Å². The Labute approximate surface area is 396 Å². The molecule has 0 aliphatic rings. The van der Waals surface area contributed by atoms with E-state index < -0.39 is 0 Å². The second-order valence-corrected chi connectivity index (χ2v) is 17.6. The van der Waals surface area contributed by atoms with Crippen molar-refractivity contribution in [2.75, 3.05) is 0 Å². The lowest BCUT2D eigenvalue weighted by atomic mass is 9.98. The zero-order chi connectivity index (χ0) is 45.4. The fraction of sp³-hybridized carbons (Fsp3) is 0. The first kappa shape index (κ1) is 38.8. The third-order valence-corrected chi connectivity index (χ3v) is 13.6. The quantitative estimate of drug-likeness (QED) is 0.160. The number of aromatic nitrogens is 5. The van der Waals surface area contributed by atoms with Gasteiger partial charge in [-0.05, 0) is 119 Å². The van der Waals surface area contributed by atoms with Crippen LogP contribution in [0.4, 0.5) is 0 Å². The Balaban J connectivity index is 0.904. The molecule has 0 saturated carbocycles. The van der Waals surface area contributed by atoms with Crippen molar-refractivity contribution in [1.82, 2.24) is 24.1 Å². The van der Waals surface area contributed by atoms with Crippen LogP contribution in [0.2, 0.25) is 0 Å². The third-order valence-electron chi connectivity index (χ3n) is 13.6. The molecule has 69 heavy (non-hydrogen) atoms. The Kier molecular flexibility index (Phi) is 8.79. The van der Waals surface area contributed by atoms with Crippen LogP contribution in [-0.2, 0) is 0 Å². The van der Waals surface area contributed by atoms with Crippen LogP contribution in [0.1, 0.15) is 0 Å². The highest BCUT2D eigenvalue weighted by Crippen LogP contribution is 2.41. The lowest BCUT2D eigenvalue weighted by Crippen LogP contribution is -2.00. The minimum absolute atomic E-state index is 0.605. The van der Waals surface area contributed by atoms with Crippen molar-refractivity contribution in [1.29, 1.82) is 0 Å². The number of nitrogens with zero attached hydrogens (tertiary/aromatic N) is 5. The molecule has 4 aromatic heterocycles. The Morgan fingerprint density at radius 2 is 0.580 bits per heavy atom. The van der Waals surface area contributed by atoms with Crippen molar-refractivity contribution in [2.45, 2.75) is 0 Å². The topological polar surface area (TPSA) is 61.7 Å². The molecule has 0 spiro atoms. The molecule has 6 nitrogen and oxygen atoms in total. The highest BCUT2D eigenvalue weighted by molar-refractivity contribution is 6.14. The molecule has 0 amide bonds. The number of hydrogen-bond acceptors (Lipinski definition) is 4. The highest BCUT2D eigenvalue weighted by Gasteiger charge is 2.19. The summed E-state index contributed by atoms with van der Waals surface area (Å²) in [4.78, 5) is 15.0. The van der Waals surface area contributed by atoms with E-state index in [9.17, 15) is 0 Å². The number of hydrogen-bond donors (Lipinski definition) is 0. The van der Waals surface area contributed by atoms with E-state index in [2.05, 4.69) is 173 Å². The van der Waals surface area contributed by atoms with Crippen molar-refractivity contribution < 1.29 is 4.42 Å². The van der Waals surface area contributed by atoms with Crippen molar-refractivity contribution in [3.63, 3.8) is 0 Å². The monoisotopic (exact) mass is 881 g/mol. The molecule has 0 fully saturated rings. The normalized spacial score (nSPS) is 11.8. The predicted octanol–water partition coefficient (Wildman–Crippen LogP) is 16.3. The number of rotatable bonds is 7. The van der Waals surface area contributed by atoms with Gasteiger partial charge in [0.15, 0.2) is 17.5 Å². The molecular formula is C63H39N5O. The summed E-state index contributed by atoms with van der Waals surface area (Å²) in [7, 11) is 0. The van der Waals surface area contributed by atoms with E-state index in [4.69, 9.17) is 19.4 Å². The zero-order valence-electron chi connectivity index (χ0n) is 37.2. The minimum atomic E-state index is 0.605. The summed E-state index contributed by atoms with van der Waals surface area (Å²) in [5, 5.41) is 6.89. The summed E-state index contributed by atoms with van der Waals surface area (Å²) in [5.74, 6) is 1.86. The van der Waals surface area contributed by atoms with Gasteiger partial charge in [0, 0.05) is 60.4 Å². The molecule has 6 heteroatoms. The van der Waals surface area contributed by atoms with Gasteiger partial charge in [-0.15, -0.1) is 0 Å². The van der Waals surface area contributed by atoms with Crippen LogP contribution in [0.25, 0.3) is 133 Å². The molecule has 4 heterocycles. The van der Waals surface area contributed by atoms with Gasteiger partial charge in [0.25, 0.3) is 0 Å². The van der Waals surface area contributed by atoms with E-state index in [1.807, 2.05) is 72.8 Å². The highest BCUT2D eigenvalue weighted by atomic mass is 16.3. The van der Waals surface area contributed by atoms with Gasteiger partial charge in [0.1, 0.15) is 11.2 Å². The fourth-order valence-electron chi connectivity index (χ4n) is 10.3. The van der Waals surface area contributed by atoms with Gasteiger partial charge < -0.3 is 13.6 Å². The molecule has 0 bridgehead atoms. The number of benzene rings is 10. The van der Waals surface area contributed by atoms with Crippen LogP contribution in [-0.4, -0.2) is 24.1 Å². The van der Waals surface area contributed by atoms with Crippen LogP contribution in [0.5, 0.6) is 0 Å². The first-order valence-electron chi connectivity index (χ1n) is 23.3. The maximum atomic E-state index is 6.47. The number of fused-ring (bicyclic) bond motifs is 9. The molecule has 14 rings (SSSR count). The van der Waals surface area contributed by atoms with Gasteiger partial charge in [-0.2, -0.15) is 0 Å². The van der Waals surface area contributed by atoms with Crippen LogP contribution in [0, 0.1) is 0 Å². The van der Waals surface area contributed by atoms with Crippen LogP contribution in [0.15, 0.2) is 241 Å². The average molecular weight is 882 g/mol. The van der Waals surface area contributed by atoms with Gasteiger partial charge in [-0.1, -0.05) is 140 Å². The number of para-hydroxylation sites is 3. The summed E-state index contributed by atoms with van der Waals surface area (Å²) in [6, 6.07) is 83.6. The Hall–Kier alpha value is -9.39. The molecule has 0 saturated heterocycles. The third kappa shape index (κ3) is 6.45. The van der Waals surface area contributed by atoms with E-state index in [0.717, 1.165) is 72.2 Å². The first-order chi connectivity index (χ1) is 34.2. The number of furan rings is 1. The molecule has 0 atom stereocenters. The Morgan fingerprint density at radius 1 is 0.246 bits per heavy atom. The first-order valence-corrected chi connectivity index (χ1v) is 23.3. The molecule has 0 aliphatic carbocycles. The summed E-state index contributed by atoms with van der Waals surface area (Å²) in [6.45, 7) is 0. The SMILES string of the molecule is c1ccc(-c2nc(-c3ccccc3)nc(-c3ccc4oc5ccc(-c6ccc7c(c6)c6cc(-c8ccc9c(c8)c8ccccc8n9-c8ccccc8)ccc6n7-c6ccccc6)cc5c4c3)n2)cc1. The molecule has 322 valence electrons. The van der Waals surface area contributed by atoms with Crippen LogP contribution >= 0.6 is 0 Å². The minimum Gasteiger partial charge on any atom is -0.456 e. The predicted molar refractivity (Wildman–Crippen MR) is 283 cm³/mol. The largest absolute Gasteiger partial charge is 0.456 e. The molecular weight excluding hydrogens is 843 g/mol. The lowest BCUT2D eigenvalue weighted by molar-refractivity contribution is 0.669. The fourth-order valence-corrected chi connectivity index (χ4v) is 10.3. The maximum Gasteiger partial charge on any atom is 0.164 e. The summed E-state index contributed by atoms with van der Waals surface area (Å²) >= 11 is 0. The van der Waals surface area contributed by atoms with E-state index in [1.165, 1.54) is 43.7 Å². The molecule has 0 unspecified atom stereocenters. The van der Waals surface area contributed by atoms with Gasteiger partial charge in [-0.3, -0.25) is 0 Å². The van der Waals surface area contributed by atoms with Gasteiger partial charge in [0.05, 0.1) is 22.1 Å². The van der Waals surface area contributed by atoms with Crippen molar-refractivity contribution in [3.05, 3.63) is 237 Å². The lowest BCUT2D eigenvalue weighted by Gasteiger charge is -2.09. The standard InChI is InChI=1S/C63H39N5O/c1-5-15-40(16-6-1)61-64-62(41-17-7-2-8-18-41)66-63(65-61)46-29-34-60-54(39-46)53-38-45(28-33-59(53)69-60)44-27-32-58-52(37-44)51-36-43(26-31-57(51)68(58)48-21-11-4-12-22-48)42-25-30-56-50(35-42)49-23-13-14-24-55(49)67(56)47-19-9-3-10-20-47/h1-39H. The molecule has 0 N–H and O–H groups in total. The Morgan fingerprint density at radius 3 is 1.06 bits per heavy atom. The maximum absolute atomic E-state index is 6.47. The average Bonchev–Trinajstić information content (AvgIpc) is 4.08. The van der Waals surface area contributed by atoms with E-state index >= 15 is 0 Å². The summed E-state index contributed by atoms with van der Waals surface area (Å²) < 4.78 is 11.2. The zero-order valence-corrected chi connectivity index (χ0v) is 37.2. The summed E-state index contributed by atoms with van der Waals surface area (Å²) in [6.07, 6.45) is 0. The van der Waals surface area contributed by atoms with Gasteiger partial charge in [-0.25, -0.2) is 15.0 Å². The van der Waals surface area contributed by atoms with Crippen LogP contribution in [0.3, 0.4) is 0 Å². The molecule has 0 radical (unpaired) electrons. The second-order valence-electron chi connectivity index (χ2n) is 17.6.